The van der Waals surface area contributed by atoms with Gasteiger partial charge in [-0.25, -0.2) is 0 Å². The molecule has 3 heteroatoms. The van der Waals surface area contributed by atoms with E-state index in [4.69, 9.17) is 0 Å². The lowest BCUT2D eigenvalue weighted by molar-refractivity contribution is 0.736. The molecule has 1 aromatic rings. The third kappa shape index (κ3) is 1.61. The molecule has 14 heavy (non-hydrogen) atoms. The summed E-state index contributed by atoms with van der Waals surface area (Å²) in [5.41, 5.74) is 3.80. The Labute approximate surface area is 93.4 Å². The molecule has 1 heterocycles. The van der Waals surface area contributed by atoms with Crippen molar-refractivity contribution in [2.45, 2.75) is 19.9 Å². The zero-order valence-electron chi connectivity index (χ0n) is 8.76. The smallest absolute Gasteiger partial charge is 0.0725 e. The lowest BCUT2D eigenvalue weighted by atomic mass is 10.1. The van der Waals surface area contributed by atoms with E-state index in [1.54, 1.807) is 0 Å². The maximum Gasteiger partial charge on any atom is 0.0725 e. The second-order valence-corrected chi connectivity index (χ2v) is 4.92. The van der Waals surface area contributed by atoms with Gasteiger partial charge in [-0.2, -0.15) is 0 Å². The van der Waals surface area contributed by atoms with Gasteiger partial charge in [-0.05, 0) is 47.5 Å². The summed E-state index contributed by atoms with van der Waals surface area (Å²) in [6, 6.07) is 4.88. The highest BCUT2D eigenvalue weighted by molar-refractivity contribution is 9.10. The first kappa shape index (κ1) is 9.84. The minimum atomic E-state index is 0.506. The SMILES string of the molecule is Cc1cc(Br)c2c(c1)N(C)CC(C)N2. The fourth-order valence-corrected chi connectivity index (χ4v) is 2.65. The Morgan fingerprint density at radius 3 is 2.93 bits per heavy atom. The molecule has 0 saturated carbocycles. The van der Waals surface area contributed by atoms with Crippen LogP contribution in [0, 0.1) is 6.92 Å². The molecule has 1 unspecified atom stereocenters. The molecule has 0 aliphatic carbocycles. The molecule has 0 bridgehead atoms. The Bertz CT molecular complexity index is 363. The number of aryl methyl sites for hydroxylation is 1. The highest BCUT2D eigenvalue weighted by Crippen LogP contribution is 2.37. The molecule has 0 fully saturated rings. The van der Waals surface area contributed by atoms with Crippen LogP contribution in [-0.4, -0.2) is 19.6 Å². The van der Waals surface area contributed by atoms with Crippen molar-refractivity contribution in [2.75, 3.05) is 23.8 Å². The van der Waals surface area contributed by atoms with Crippen molar-refractivity contribution in [3.05, 3.63) is 22.2 Å². The molecule has 1 aliphatic rings. The zero-order valence-corrected chi connectivity index (χ0v) is 10.4. The van der Waals surface area contributed by atoms with Gasteiger partial charge in [0.25, 0.3) is 0 Å². The number of anilines is 2. The standard InChI is InChI=1S/C11H15BrN2/c1-7-4-9(12)11-10(5-7)14(3)6-8(2)13-11/h4-5,8,13H,6H2,1-3H3. The van der Waals surface area contributed by atoms with Crippen LogP contribution in [0.2, 0.25) is 0 Å². The van der Waals surface area contributed by atoms with E-state index >= 15 is 0 Å². The fourth-order valence-electron chi connectivity index (χ4n) is 1.97. The first-order chi connectivity index (χ1) is 6.58. The number of likely N-dealkylation sites (N-methyl/N-ethyl adjacent to an activating group) is 1. The van der Waals surface area contributed by atoms with Gasteiger partial charge >= 0.3 is 0 Å². The van der Waals surface area contributed by atoms with E-state index in [0.29, 0.717) is 6.04 Å². The van der Waals surface area contributed by atoms with Crippen LogP contribution in [-0.2, 0) is 0 Å². The maximum absolute atomic E-state index is 3.60. The van der Waals surface area contributed by atoms with E-state index in [0.717, 1.165) is 11.0 Å². The Hall–Kier alpha value is -0.700. The Balaban J connectivity index is 2.53. The van der Waals surface area contributed by atoms with E-state index in [2.05, 4.69) is 59.2 Å². The normalized spacial score (nSPS) is 20.3. The molecule has 0 spiro atoms. The highest BCUT2D eigenvalue weighted by Gasteiger charge is 2.20. The molecular formula is C11H15BrN2. The fraction of sp³-hybridized carbons (Fsp3) is 0.455. The monoisotopic (exact) mass is 254 g/mol. The van der Waals surface area contributed by atoms with Crippen molar-refractivity contribution < 1.29 is 0 Å². The number of nitrogens with one attached hydrogen (secondary N) is 1. The molecule has 0 saturated heterocycles. The largest absolute Gasteiger partial charge is 0.378 e. The summed E-state index contributed by atoms with van der Waals surface area (Å²) >= 11 is 3.60. The quantitative estimate of drug-likeness (QED) is 0.766. The summed E-state index contributed by atoms with van der Waals surface area (Å²) in [5, 5.41) is 3.50. The van der Waals surface area contributed by atoms with Crippen LogP contribution >= 0.6 is 15.9 Å². The number of rotatable bonds is 0. The van der Waals surface area contributed by atoms with Gasteiger partial charge in [-0.3, -0.25) is 0 Å². The van der Waals surface area contributed by atoms with Crippen molar-refractivity contribution in [1.82, 2.24) is 0 Å². The summed E-state index contributed by atoms with van der Waals surface area (Å²) in [4.78, 5) is 2.30. The first-order valence-electron chi connectivity index (χ1n) is 4.86. The molecule has 0 radical (unpaired) electrons. The minimum absolute atomic E-state index is 0.506. The van der Waals surface area contributed by atoms with Crippen LogP contribution in [0.25, 0.3) is 0 Å². The van der Waals surface area contributed by atoms with Crippen LogP contribution in [0.1, 0.15) is 12.5 Å². The molecule has 0 amide bonds. The van der Waals surface area contributed by atoms with Crippen LogP contribution in [0.5, 0.6) is 0 Å². The molecule has 1 aliphatic heterocycles. The van der Waals surface area contributed by atoms with Crippen LogP contribution in [0.4, 0.5) is 11.4 Å². The molecule has 2 nitrogen and oxygen atoms in total. The minimum Gasteiger partial charge on any atom is -0.378 e. The van der Waals surface area contributed by atoms with Crippen molar-refractivity contribution >= 4 is 27.3 Å². The highest BCUT2D eigenvalue weighted by atomic mass is 79.9. The van der Waals surface area contributed by atoms with Crippen molar-refractivity contribution in [3.63, 3.8) is 0 Å². The first-order valence-corrected chi connectivity index (χ1v) is 5.65. The van der Waals surface area contributed by atoms with E-state index in [1.165, 1.54) is 16.9 Å². The topological polar surface area (TPSA) is 15.3 Å². The summed E-state index contributed by atoms with van der Waals surface area (Å²) in [7, 11) is 2.14. The molecule has 76 valence electrons. The summed E-state index contributed by atoms with van der Waals surface area (Å²) < 4.78 is 1.16. The lowest BCUT2D eigenvalue weighted by Crippen LogP contribution is -2.37. The second-order valence-electron chi connectivity index (χ2n) is 4.07. The van der Waals surface area contributed by atoms with Gasteiger partial charge in [0.1, 0.15) is 0 Å². The maximum atomic E-state index is 3.60. The van der Waals surface area contributed by atoms with Gasteiger partial charge in [-0.15, -0.1) is 0 Å². The lowest BCUT2D eigenvalue weighted by Gasteiger charge is -2.34. The summed E-state index contributed by atoms with van der Waals surface area (Å²) in [6.45, 7) is 5.38. The number of hydrogen-bond acceptors (Lipinski definition) is 2. The van der Waals surface area contributed by atoms with Crippen LogP contribution in [0.3, 0.4) is 0 Å². The van der Waals surface area contributed by atoms with E-state index in [1.807, 2.05) is 0 Å². The summed E-state index contributed by atoms with van der Waals surface area (Å²) in [5.74, 6) is 0. The third-order valence-corrected chi connectivity index (χ3v) is 3.19. The number of halogens is 1. The Kier molecular flexibility index (Phi) is 2.43. The molecular weight excluding hydrogens is 240 g/mol. The van der Waals surface area contributed by atoms with Gasteiger partial charge in [0.05, 0.1) is 11.4 Å². The zero-order chi connectivity index (χ0) is 10.3. The van der Waals surface area contributed by atoms with Crippen LogP contribution in [0.15, 0.2) is 16.6 Å². The van der Waals surface area contributed by atoms with Crippen molar-refractivity contribution in [1.29, 1.82) is 0 Å². The van der Waals surface area contributed by atoms with Gasteiger partial charge in [0, 0.05) is 24.1 Å². The predicted octanol–water partition coefficient (Wildman–Crippen LogP) is 3.01. The van der Waals surface area contributed by atoms with Gasteiger partial charge in [0.15, 0.2) is 0 Å². The van der Waals surface area contributed by atoms with Crippen molar-refractivity contribution in [2.24, 2.45) is 0 Å². The van der Waals surface area contributed by atoms with E-state index in [9.17, 15) is 0 Å². The summed E-state index contributed by atoms with van der Waals surface area (Å²) in [6.07, 6.45) is 0. The van der Waals surface area contributed by atoms with Crippen LogP contribution < -0.4 is 10.2 Å². The van der Waals surface area contributed by atoms with Crippen molar-refractivity contribution in [3.8, 4) is 0 Å². The van der Waals surface area contributed by atoms with E-state index in [-0.39, 0.29) is 0 Å². The third-order valence-electron chi connectivity index (χ3n) is 2.56. The number of nitrogens with zero attached hydrogens (tertiary/aromatic N) is 1. The second kappa shape index (κ2) is 3.46. The molecule has 0 aromatic heterocycles. The molecule has 1 aromatic carbocycles. The number of hydrogen-bond donors (Lipinski definition) is 1. The van der Waals surface area contributed by atoms with E-state index < -0.39 is 0 Å². The average Bonchev–Trinajstić information content (AvgIpc) is 2.07. The molecule has 1 atom stereocenters. The van der Waals surface area contributed by atoms with Gasteiger partial charge in [-0.1, -0.05) is 0 Å². The van der Waals surface area contributed by atoms with Gasteiger partial charge < -0.3 is 10.2 Å². The molecule has 1 N–H and O–H groups in total. The number of benzene rings is 1. The van der Waals surface area contributed by atoms with Gasteiger partial charge in [0.2, 0.25) is 0 Å². The Morgan fingerprint density at radius 1 is 1.50 bits per heavy atom. The Morgan fingerprint density at radius 2 is 2.21 bits per heavy atom. The number of fused-ring (bicyclic) bond motifs is 1. The molecule has 2 rings (SSSR count). The average molecular weight is 255 g/mol. The predicted molar refractivity (Wildman–Crippen MR) is 65.2 cm³/mol.